The molecule has 0 atom stereocenters. The van der Waals surface area contributed by atoms with Gasteiger partial charge in [0.05, 0.1) is 20.6 Å². The minimum Gasteiger partial charge on any atom is -0.506 e. The molecule has 3 aromatic rings. The van der Waals surface area contributed by atoms with Crippen molar-refractivity contribution in [2.45, 2.75) is 29.2 Å². The Hall–Kier alpha value is -1.33. The van der Waals surface area contributed by atoms with Crippen LogP contribution in [-0.2, 0) is 13.0 Å². The molecule has 7 heteroatoms. The average Bonchev–Trinajstić information content (AvgIpc) is 2.60. The van der Waals surface area contributed by atoms with Crippen LogP contribution in [0.2, 0.25) is 15.1 Å². The fourth-order valence-electron chi connectivity index (χ4n) is 3.18. The molecule has 1 aliphatic rings. The van der Waals surface area contributed by atoms with Crippen molar-refractivity contribution in [3.63, 3.8) is 0 Å². The molecule has 0 spiro atoms. The normalized spacial score (nSPS) is 13.4. The number of aromatic hydroxyl groups is 1. The number of pyridine rings is 1. The maximum absolute atomic E-state index is 13.0. The van der Waals surface area contributed by atoms with E-state index < -0.39 is 0 Å². The van der Waals surface area contributed by atoms with Gasteiger partial charge >= 0.3 is 0 Å². The maximum atomic E-state index is 13.0. The Morgan fingerprint density at radius 3 is 2.64 bits per heavy atom. The van der Waals surface area contributed by atoms with Gasteiger partial charge < -0.3 is 9.67 Å². The van der Waals surface area contributed by atoms with Crippen LogP contribution in [0.25, 0.3) is 10.9 Å². The van der Waals surface area contributed by atoms with Gasteiger partial charge in [0.2, 0.25) is 0 Å². The molecular formula is C18H12Cl3NO2S. The first-order chi connectivity index (χ1) is 12.0. The van der Waals surface area contributed by atoms with Crippen molar-refractivity contribution in [3.05, 3.63) is 61.3 Å². The van der Waals surface area contributed by atoms with E-state index in [1.165, 1.54) is 6.07 Å². The molecule has 2 heterocycles. The van der Waals surface area contributed by atoms with Crippen molar-refractivity contribution >= 4 is 57.5 Å². The lowest BCUT2D eigenvalue weighted by atomic mass is 10.0. The molecule has 25 heavy (non-hydrogen) atoms. The second kappa shape index (κ2) is 6.44. The van der Waals surface area contributed by atoms with Crippen molar-refractivity contribution in [1.82, 2.24) is 4.57 Å². The third-order valence-corrected chi connectivity index (χ3v) is 6.59. The van der Waals surface area contributed by atoms with E-state index in [1.807, 2.05) is 18.2 Å². The summed E-state index contributed by atoms with van der Waals surface area (Å²) >= 11 is 19.4. The van der Waals surface area contributed by atoms with Crippen molar-refractivity contribution in [3.8, 4) is 5.75 Å². The smallest absolute Gasteiger partial charge is 0.268 e. The number of nitrogens with zero attached hydrogens (tertiary/aromatic N) is 1. The molecule has 0 fully saturated rings. The molecule has 1 aromatic heterocycles. The highest BCUT2D eigenvalue weighted by Crippen LogP contribution is 2.42. The second-order valence-corrected chi connectivity index (χ2v) is 8.12. The van der Waals surface area contributed by atoms with Crippen LogP contribution in [0.1, 0.15) is 12.0 Å². The highest BCUT2D eigenvalue weighted by molar-refractivity contribution is 7.99. The van der Waals surface area contributed by atoms with Crippen LogP contribution in [0.3, 0.4) is 0 Å². The number of para-hydroxylation sites is 1. The first-order valence-electron chi connectivity index (χ1n) is 7.67. The third kappa shape index (κ3) is 2.81. The van der Waals surface area contributed by atoms with Gasteiger partial charge in [0, 0.05) is 16.8 Å². The van der Waals surface area contributed by atoms with E-state index in [0.717, 1.165) is 35.7 Å². The number of hydrogen-bond acceptors (Lipinski definition) is 3. The Morgan fingerprint density at radius 1 is 1.08 bits per heavy atom. The maximum Gasteiger partial charge on any atom is 0.268 e. The Balaban J connectivity index is 1.95. The van der Waals surface area contributed by atoms with Gasteiger partial charge in [-0.05, 0) is 36.6 Å². The minimum atomic E-state index is -0.218. The summed E-state index contributed by atoms with van der Waals surface area (Å²) in [7, 11) is 0. The summed E-state index contributed by atoms with van der Waals surface area (Å²) in [6.07, 6.45) is 1.80. The third-order valence-electron chi connectivity index (χ3n) is 4.31. The van der Waals surface area contributed by atoms with Crippen LogP contribution in [0.4, 0.5) is 0 Å². The molecule has 1 aliphatic heterocycles. The first kappa shape index (κ1) is 17.1. The topological polar surface area (TPSA) is 42.2 Å². The van der Waals surface area contributed by atoms with E-state index in [9.17, 15) is 9.90 Å². The van der Waals surface area contributed by atoms with Gasteiger partial charge in [-0.2, -0.15) is 0 Å². The van der Waals surface area contributed by atoms with E-state index in [-0.39, 0.29) is 16.2 Å². The summed E-state index contributed by atoms with van der Waals surface area (Å²) in [5, 5.41) is 12.5. The molecule has 3 nitrogen and oxygen atoms in total. The Bertz CT molecular complexity index is 1080. The van der Waals surface area contributed by atoms with Gasteiger partial charge in [-0.3, -0.25) is 4.79 Å². The number of aryl methyl sites for hydroxylation is 2. The van der Waals surface area contributed by atoms with Gasteiger partial charge in [-0.25, -0.2) is 0 Å². The molecule has 0 unspecified atom stereocenters. The Labute approximate surface area is 163 Å². The lowest BCUT2D eigenvalue weighted by Gasteiger charge is -2.21. The van der Waals surface area contributed by atoms with Gasteiger partial charge in [0.1, 0.15) is 10.6 Å². The molecule has 0 aliphatic carbocycles. The number of halogens is 3. The summed E-state index contributed by atoms with van der Waals surface area (Å²) in [4.78, 5) is 13.8. The Kier molecular flexibility index (Phi) is 4.40. The van der Waals surface area contributed by atoms with E-state index >= 15 is 0 Å². The summed E-state index contributed by atoms with van der Waals surface area (Å²) in [6.45, 7) is 0.634. The van der Waals surface area contributed by atoms with E-state index in [4.69, 9.17) is 34.8 Å². The fraction of sp³-hybridized carbons (Fsp3) is 0.167. The zero-order valence-electron chi connectivity index (χ0n) is 12.9. The fourth-order valence-corrected chi connectivity index (χ4v) is 4.86. The zero-order valence-corrected chi connectivity index (χ0v) is 15.9. The summed E-state index contributed by atoms with van der Waals surface area (Å²) in [5.74, 6) is -0.0212. The molecular weight excluding hydrogens is 401 g/mol. The number of aromatic nitrogens is 1. The number of hydrogen-bond donors (Lipinski definition) is 1. The van der Waals surface area contributed by atoms with Crippen LogP contribution < -0.4 is 5.56 Å². The molecule has 0 saturated carbocycles. The van der Waals surface area contributed by atoms with Crippen LogP contribution >= 0.6 is 46.6 Å². The van der Waals surface area contributed by atoms with Gasteiger partial charge in [-0.15, -0.1) is 0 Å². The van der Waals surface area contributed by atoms with Gasteiger partial charge in [-0.1, -0.05) is 58.7 Å². The van der Waals surface area contributed by atoms with Crippen LogP contribution in [0.15, 0.2) is 44.9 Å². The predicted octanol–water partition coefficient (Wildman–Crippen LogP) is 5.76. The van der Waals surface area contributed by atoms with Crippen LogP contribution in [0.5, 0.6) is 5.75 Å². The monoisotopic (exact) mass is 411 g/mol. The highest BCUT2D eigenvalue weighted by atomic mass is 35.5. The lowest BCUT2D eigenvalue weighted by Crippen LogP contribution is -2.25. The zero-order chi connectivity index (χ0) is 17.7. The molecule has 128 valence electrons. The number of benzene rings is 2. The molecule has 0 bridgehead atoms. The Morgan fingerprint density at radius 2 is 1.84 bits per heavy atom. The molecule has 1 N–H and O–H groups in total. The average molecular weight is 413 g/mol. The van der Waals surface area contributed by atoms with Crippen molar-refractivity contribution < 1.29 is 5.11 Å². The minimum absolute atomic E-state index is 0.0212. The second-order valence-electron chi connectivity index (χ2n) is 5.85. The van der Waals surface area contributed by atoms with Crippen molar-refractivity contribution in [1.29, 1.82) is 0 Å². The molecule has 0 radical (unpaired) electrons. The van der Waals surface area contributed by atoms with E-state index in [2.05, 4.69) is 0 Å². The van der Waals surface area contributed by atoms with E-state index in [0.29, 0.717) is 31.9 Å². The lowest BCUT2D eigenvalue weighted by molar-refractivity contribution is 0.462. The molecule has 2 aromatic carbocycles. The molecule has 4 rings (SSSR count). The largest absolute Gasteiger partial charge is 0.506 e. The van der Waals surface area contributed by atoms with Crippen LogP contribution in [0, 0.1) is 0 Å². The summed E-state index contributed by atoms with van der Waals surface area (Å²) in [5.41, 5.74) is 1.69. The molecule has 0 saturated heterocycles. The van der Waals surface area contributed by atoms with E-state index in [1.54, 1.807) is 10.6 Å². The summed E-state index contributed by atoms with van der Waals surface area (Å²) < 4.78 is 1.74. The quantitative estimate of drug-likeness (QED) is 0.544. The molecule has 0 amide bonds. The highest BCUT2D eigenvalue weighted by Gasteiger charge is 2.22. The SMILES string of the molecule is O=c1c(Sc2cc(Cl)c(Cl)cc2Cl)c(O)c2cccc3c2n1CCC3. The van der Waals surface area contributed by atoms with Gasteiger partial charge in [0.15, 0.2) is 0 Å². The first-order valence-corrected chi connectivity index (χ1v) is 9.62. The van der Waals surface area contributed by atoms with Crippen LogP contribution in [-0.4, -0.2) is 9.67 Å². The number of rotatable bonds is 2. The summed E-state index contributed by atoms with van der Waals surface area (Å²) in [6, 6.07) is 8.87. The van der Waals surface area contributed by atoms with Crippen molar-refractivity contribution in [2.24, 2.45) is 0 Å². The van der Waals surface area contributed by atoms with Crippen molar-refractivity contribution in [2.75, 3.05) is 0 Å². The van der Waals surface area contributed by atoms with Gasteiger partial charge in [0.25, 0.3) is 5.56 Å². The predicted molar refractivity (Wildman–Crippen MR) is 104 cm³/mol. The standard InChI is InChI=1S/C18H12Cl3NO2S/c19-11-7-13(21)14(8-12(11)20)25-17-16(23)10-5-1-3-9-4-2-6-22(15(9)10)18(17)24/h1,3,5,7-8,23H,2,4,6H2.